The molecule has 0 radical (unpaired) electrons. The van der Waals surface area contributed by atoms with Crippen LogP contribution in [0.15, 0.2) is 18.2 Å². The number of ketones is 3. The largest absolute Gasteiger partial charge is 0.586 e. The molecule has 2 fully saturated rings. The van der Waals surface area contributed by atoms with Crippen molar-refractivity contribution in [1.29, 1.82) is 0 Å². The zero-order chi connectivity index (χ0) is 30.7. The van der Waals surface area contributed by atoms with Crippen LogP contribution in [0, 0.1) is 17.8 Å². The molecule has 2 N–H and O–H groups in total. The average Bonchev–Trinajstić information content (AvgIpc) is 3.46. The van der Waals surface area contributed by atoms with Gasteiger partial charge in [0.05, 0.1) is 6.04 Å². The Morgan fingerprint density at radius 1 is 0.976 bits per heavy atom. The number of halogens is 2. The minimum Gasteiger partial charge on any atom is -0.395 e. The van der Waals surface area contributed by atoms with E-state index in [1.54, 1.807) is 20.8 Å². The SMILES string of the molecule is CC(C)(C)NC(=O)C(=O)[C@H](C[C@@H]1CCCC1=O)NC(=O)[C@@H](CC(=O)c1ccc2c(c1)OC(F)(F)O2)CC1CCCCC1. The lowest BCUT2D eigenvalue weighted by Gasteiger charge is -2.28. The Balaban J connectivity index is 1.53. The molecular weight excluding hydrogens is 550 g/mol. The first-order valence-electron chi connectivity index (χ1n) is 14.8. The molecule has 1 aromatic rings. The van der Waals surface area contributed by atoms with Gasteiger partial charge in [0.1, 0.15) is 5.78 Å². The fourth-order valence-electron chi connectivity index (χ4n) is 6.08. The highest BCUT2D eigenvalue weighted by Crippen LogP contribution is 2.41. The van der Waals surface area contributed by atoms with Gasteiger partial charge in [-0.2, -0.15) is 0 Å². The van der Waals surface area contributed by atoms with E-state index in [0.717, 1.165) is 32.1 Å². The van der Waals surface area contributed by atoms with E-state index in [9.17, 15) is 32.8 Å². The third-order valence-corrected chi connectivity index (χ3v) is 8.17. The van der Waals surface area contributed by atoms with Gasteiger partial charge in [0.25, 0.3) is 5.91 Å². The molecule has 2 aliphatic carbocycles. The van der Waals surface area contributed by atoms with Crippen molar-refractivity contribution in [1.82, 2.24) is 10.6 Å². The summed E-state index contributed by atoms with van der Waals surface area (Å²) >= 11 is 0. The Kier molecular flexibility index (Phi) is 9.67. The van der Waals surface area contributed by atoms with E-state index in [4.69, 9.17) is 0 Å². The smallest absolute Gasteiger partial charge is 0.395 e. The molecule has 0 bridgehead atoms. The molecule has 9 nitrogen and oxygen atoms in total. The summed E-state index contributed by atoms with van der Waals surface area (Å²) in [7, 11) is 0. The molecule has 230 valence electrons. The molecule has 1 aliphatic heterocycles. The summed E-state index contributed by atoms with van der Waals surface area (Å²) in [6.07, 6.45) is 2.97. The summed E-state index contributed by atoms with van der Waals surface area (Å²) in [6.45, 7) is 5.19. The number of ether oxygens (including phenoxy) is 2. The maximum atomic E-state index is 13.8. The highest BCUT2D eigenvalue weighted by Gasteiger charge is 2.44. The number of benzene rings is 1. The van der Waals surface area contributed by atoms with E-state index in [1.807, 2.05) is 0 Å². The van der Waals surface area contributed by atoms with Crippen LogP contribution in [-0.2, 0) is 19.2 Å². The van der Waals surface area contributed by atoms with Crippen LogP contribution in [0.4, 0.5) is 8.78 Å². The maximum Gasteiger partial charge on any atom is 0.586 e. The Labute approximate surface area is 244 Å². The number of carbonyl (C=O) groups excluding carboxylic acids is 5. The van der Waals surface area contributed by atoms with Crippen molar-refractivity contribution in [2.75, 3.05) is 0 Å². The molecule has 2 amide bonds. The first-order valence-corrected chi connectivity index (χ1v) is 14.8. The molecule has 3 atom stereocenters. The molecule has 0 unspecified atom stereocenters. The second kappa shape index (κ2) is 12.9. The predicted molar refractivity (Wildman–Crippen MR) is 148 cm³/mol. The summed E-state index contributed by atoms with van der Waals surface area (Å²) < 4.78 is 35.9. The lowest BCUT2D eigenvalue weighted by Crippen LogP contribution is -2.53. The third-order valence-electron chi connectivity index (χ3n) is 8.17. The van der Waals surface area contributed by atoms with E-state index in [1.165, 1.54) is 18.2 Å². The number of fused-ring (bicyclic) bond motifs is 1. The quantitative estimate of drug-likeness (QED) is 0.277. The van der Waals surface area contributed by atoms with Gasteiger partial charge in [0, 0.05) is 35.8 Å². The monoisotopic (exact) mass is 590 g/mol. The molecular formula is C31H40F2N2O7. The summed E-state index contributed by atoms with van der Waals surface area (Å²) in [5.74, 6) is -4.21. The van der Waals surface area contributed by atoms with Gasteiger partial charge in [-0.25, -0.2) is 0 Å². The topological polar surface area (TPSA) is 128 Å². The Hall–Kier alpha value is -3.37. The molecule has 1 heterocycles. The van der Waals surface area contributed by atoms with E-state index in [0.29, 0.717) is 25.7 Å². The van der Waals surface area contributed by atoms with E-state index in [2.05, 4.69) is 20.1 Å². The van der Waals surface area contributed by atoms with Crippen molar-refractivity contribution in [2.24, 2.45) is 17.8 Å². The number of hydrogen-bond donors (Lipinski definition) is 2. The second-order valence-corrected chi connectivity index (χ2v) is 12.8. The molecule has 0 saturated heterocycles. The van der Waals surface area contributed by atoms with Gasteiger partial charge in [0.15, 0.2) is 17.3 Å². The molecule has 0 spiro atoms. The summed E-state index contributed by atoms with van der Waals surface area (Å²) in [5, 5.41) is 5.36. The van der Waals surface area contributed by atoms with Crippen molar-refractivity contribution in [3.05, 3.63) is 23.8 Å². The van der Waals surface area contributed by atoms with Crippen LogP contribution in [0.3, 0.4) is 0 Å². The van der Waals surface area contributed by atoms with Crippen molar-refractivity contribution in [3.63, 3.8) is 0 Å². The van der Waals surface area contributed by atoms with Crippen molar-refractivity contribution >= 4 is 29.2 Å². The normalized spacial score (nSPS) is 21.5. The third kappa shape index (κ3) is 8.35. The van der Waals surface area contributed by atoms with Gasteiger partial charge < -0.3 is 20.1 Å². The molecule has 11 heteroatoms. The fraction of sp³-hybridized carbons (Fsp3) is 0.645. The number of nitrogens with one attached hydrogen (secondary N) is 2. The lowest BCUT2D eigenvalue weighted by molar-refractivity contribution is -0.286. The van der Waals surface area contributed by atoms with E-state index < -0.39 is 53.1 Å². The summed E-state index contributed by atoms with van der Waals surface area (Å²) in [6, 6.07) is 2.52. The Bertz CT molecular complexity index is 1220. The first kappa shape index (κ1) is 31.6. The number of hydrogen-bond acceptors (Lipinski definition) is 7. The standard InChI is InChI=1S/C31H40F2N2O7/c1-30(2,3)35-29(40)27(38)22(15-19-10-7-11-23(19)36)34-28(39)21(14-18-8-5-4-6-9-18)16-24(37)20-12-13-25-26(17-20)42-31(32,33)41-25/h12-13,17-19,21-22H,4-11,14-16H2,1-3H3,(H,34,39)(H,35,40)/t19-,21+,22-/m0/s1. The number of amides is 2. The predicted octanol–water partition coefficient (Wildman–Crippen LogP) is 4.90. The Morgan fingerprint density at radius 2 is 1.67 bits per heavy atom. The zero-order valence-electron chi connectivity index (χ0n) is 24.4. The molecule has 3 aliphatic rings. The van der Waals surface area contributed by atoms with Crippen LogP contribution >= 0.6 is 0 Å². The Morgan fingerprint density at radius 3 is 2.31 bits per heavy atom. The molecule has 0 aromatic heterocycles. The molecule has 4 rings (SSSR count). The number of Topliss-reactive ketones (excluding diaryl/α,β-unsaturated/α-hetero) is 3. The van der Waals surface area contributed by atoms with E-state index >= 15 is 0 Å². The minimum atomic E-state index is -3.82. The van der Waals surface area contributed by atoms with Crippen LogP contribution < -0.4 is 20.1 Å². The summed E-state index contributed by atoms with van der Waals surface area (Å²) in [4.78, 5) is 65.6. The minimum absolute atomic E-state index is 0.000553. The van der Waals surface area contributed by atoms with Crippen LogP contribution in [0.1, 0.15) is 102 Å². The number of alkyl halides is 2. The van der Waals surface area contributed by atoms with Gasteiger partial charge in [0.2, 0.25) is 11.7 Å². The van der Waals surface area contributed by atoms with E-state index in [-0.39, 0.29) is 41.6 Å². The first-order chi connectivity index (χ1) is 19.7. The fourth-order valence-corrected chi connectivity index (χ4v) is 6.08. The van der Waals surface area contributed by atoms with Gasteiger partial charge in [-0.3, -0.25) is 24.0 Å². The lowest BCUT2D eigenvalue weighted by atomic mass is 9.80. The van der Waals surface area contributed by atoms with Crippen LogP contribution in [-0.4, -0.2) is 47.0 Å². The van der Waals surface area contributed by atoms with Crippen LogP contribution in [0.5, 0.6) is 11.5 Å². The van der Waals surface area contributed by atoms with Crippen molar-refractivity contribution in [3.8, 4) is 11.5 Å². The average molecular weight is 591 g/mol. The molecule has 2 saturated carbocycles. The highest BCUT2D eigenvalue weighted by molar-refractivity contribution is 6.38. The number of rotatable bonds is 11. The highest BCUT2D eigenvalue weighted by atomic mass is 19.3. The van der Waals surface area contributed by atoms with Crippen molar-refractivity contribution in [2.45, 2.75) is 109 Å². The maximum absolute atomic E-state index is 13.8. The van der Waals surface area contributed by atoms with Gasteiger partial charge in [-0.15, -0.1) is 8.78 Å². The van der Waals surface area contributed by atoms with Gasteiger partial charge >= 0.3 is 6.29 Å². The van der Waals surface area contributed by atoms with Crippen molar-refractivity contribution < 1.29 is 42.2 Å². The van der Waals surface area contributed by atoms with Crippen LogP contribution in [0.2, 0.25) is 0 Å². The second-order valence-electron chi connectivity index (χ2n) is 12.8. The van der Waals surface area contributed by atoms with Gasteiger partial charge in [-0.1, -0.05) is 32.1 Å². The summed E-state index contributed by atoms with van der Waals surface area (Å²) in [5.41, 5.74) is -0.597. The molecule has 42 heavy (non-hydrogen) atoms. The zero-order valence-corrected chi connectivity index (χ0v) is 24.4. The number of carbonyl (C=O) groups is 5. The van der Waals surface area contributed by atoms with Crippen LogP contribution in [0.25, 0.3) is 0 Å². The molecule has 1 aromatic carbocycles. The van der Waals surface area contributed by atoms with Gasteiger partial charge in [-0.05, 0) is 70.6 Å².